The fraction of sp³-hybridized carbons (Fsp3) is 0.174. The summed E-state index contributed by atoms with van der Waals surface area (Å²) in [5.74, 6) is 1.39. The second kappa shape index (κ2) is 8.36. The fourth-order valence-electron chi connectivity index (χ4n) is 3.50. The Hall–Kier alpha value is -2.69. The molecule has 4 nitrogen and oxygen atoms in total. The van der Waals surface area contributed by atoms with Gasteiger partial charge in [0, 0.05) is 16.5 Å². The Kier molecular flexibility index (Phi) is 5.65. The zero-order valence-corrected chi connectivity index (χ0v) is 17.6. The van der Waals surface area contributed by atoms with Gasteiger partial charge in [0.2, 0.25) is 0 Å². The minimum Gasteiger partial charge on any atom is -0.493 e. The first-order valence-electron chi connectivity index (χ1n) is 9.19. The van der Waals surface area contributed by atoms with Crippen molar-refractivity contribution in [3.05, 3.63) is 87.9 Å². The summed E-state index contributed by atoms with van der Waals surface area (Å²) in [6, 6.07) is 21.4. The van der Waals surface area contributed by atoms with Crippen LogP contribution in [0.1, 0.15) is 23.6 Å². The van der Waals surface area contributed by atoms with Gasteiger partial charge in [-0.1, -0.05) is 47.5 Å². The average Bonchev–Trinajstić information content (AvgIpc) is 3.19. The molecule has 1 atom stereocenters. The number of nitrogens with zero attached hydrogens (tertiary/aromatic N) is 2. The molecule has 0 fully saturated rings. The zero-order valence-electron chi connectivity index (χ0n) is 16.1. The molecule has 3 aromatic rings. The van der Waals surface area contributed by atoms with E-state index in [1.54, 1.807) is 14.2 Å². The van der Waals surface area contributed by atoms with Crippen molar-refractivity contribution in [1.29, 1.82) is 0 Å². The molecule has 0 bridgehead atoms. The maximum absolute atomic E-state index is 6.25. The number of benzene rings is 3. The maximum Gasteiger partial charge on any atom is 0.161 e. The number of methoxy groups -OCH3 is 2. The Morgan fingerprint density at radius 2 is 1.62 bits per heavy atom. The summed E-state index contributed by atoms with van der Waals surface area (Å²) in [6.45, 7) is 0. The third-order valence-electron chi connectivity index (χ3n) is 4.95. The van der Waals surface area contributed by atoms with E-state index in [4.69, 9.17) is 37.8 Å². The highest BCUT2D eigenvalue weighted by Crippen LogP contribution is 2.40. The van der Waals surface area contributed by atoms with Crippen LogP contribution in [0.5, 0.6) is 11.5 Å². The summed E-state index contributed by atoms with van der Waals surface area (Å²) in [4.78, 5) is 0. The highest BCUT2D eigenvalue weighted by atomic mass is 35.5. The van der Waals surface area contributed by atoms with Crippen LogP contribution in [0.25, 0.3) is 0 Å². The number of hydrogen-bond donors (Lipinski definition) is 0. The third-order valence-corrected chi connectivity index (χ3v) is 5.44. The van der Waals surface area contributed by atoms with Gasteiger partial charge < -0.3 is 9.47 Å². The van der Waals surface area contributed by atoms with E-state index in [-0.39, 0.29) is 6.04 Å². The third kappa shape index (κ3) is 4.04. The van der Waals surface area contributed by atoms with Crippen molar-refractivity contribution in [2.75, 3.05) is 19.2 Å². The monoisotopic (exact) mass is 426 g/mol. The van der Waals surface area contributed by atoms with Crippen molar-refractivity contribution in [2.24, 2.45) is 5.10 Å². The molecule has 0 aromatic heterocycles. The van der Waals surface area contributed by atoms with E-state index in [0.717, 1.165) is 28.9 Å². The molecule has 0 radical (unpaired) electrons. The molecule has 6 heteroatoms. The standard InChI is InChI=1S/C23H20Cl2N2O2/c1-28-22-11-8-16(12-23(22)29-2)21-14-20(15-6-9-17(24)10-7-15)26-27(21)19-5-3-4-18(25)13-19/h3-13,21H,14H2,1-2H3/t21-/m1/s1. The van der Waals surface area contributed by atoms with Gasteiger partial charge in [-0.2, -0.15) is 5.10 Å². The number of anilines is 1. The number of halogens is 2. The van der Waals surface area contributed by atoms with Crippen molar-refractivity contribution in [3.8, 4) is 11.5 Å². The van der Waals surface area contributed by atoms with E-state index in [1.807, 2.05) is 71.7 Å². The zero-order chi connectivity index (χ0) is 20.4. The predicted molar refractivity (Wildman–Crippen MR) is 119 cm³/mol. The van der Waals surface area contributed by atoms with Crippen LogP contribution < -0.4 is 14.5 Å². The van der Waals surface area contributed by atoms with Gasteiger partial charge in [0.05, 0.1) is 31.7 Å². The lowest BCUT2D eigenvalue weighted by Crippen LogP contribution is -2.18. The molecular formula is C23H20Cl2N2O2. The Labute approximate surface area is 180 Å². The molecule has 0 saturated heterocycles. The number of ether oxygens (including phenoxy) is 2. The predicted octanol–water partition coefficient (Wildman–Crippen LogP) is 6.37. The van der Waals surface area contributed by atoms with Gasteiger partial charge in [0.1, 0.15) is 0 Å². The van der Waals surface area contributed by atoms with Gasteiger partial charge in [-0.25, -0.2) is 0 Å². The van der Waals surface area contributed by atoms with E-state index < -0.39 is 0 Å². The van der Waals surface area contributed by atoms with Gasteiger partial charge in [-0.15, -0.1) is 0 Å². The molecule has 0 aliphatic carbocycles. The first kappa shape index (κ1) is 19.6. The molecule has 4 rings (SSSR count). The molecule has 1 heterocycles. The van der Waals surface area contributed by atoms with E-state index >= 15 is 0 Å². The number of hydrogen-bond acceptors (Lipinski definition) is 4. The summed E-state index contributed by atoms with van der Waals surface area (Å²) in [7, 11) is 3.27. The smallest absolute Gasteiger partial charge is 0.161 e. The van der Waals surface area contributed by atoms with E-state index in [2.05, 4.69) is 0 Å². The molecule has 0 amide bonds. The molecule has 0 unspecified atom stereocenters. The summed E-state index contributed by atoms with van der Waals surface area (Å²) in [6.07, 6.45) is 0.740. The van der Waals surface area contributed by atoms with Crippen molar-refractivity contribution in [3.63, 3.8) is 0 Å². The molecule has 29 heavy (non-hydrogen) atoms. The summed E-state index contributed by atoms with van der Waals surface area (Å²) in [5, 5.41) is 8.32. The van der Waals surface area contributed by atoms with Gasteiger partial charge in [0.25, 0.3) is 0 Å². The Morgan fingerprint density at radius 3 is 2.31 bits per heavy atom. The lowest BCUT2D eigenvalue weighted by atomic mass is 9.98. The van der Waals surface area contributed by atoms with Crippen LogP contribution in [0.4, 0.5) is 5.69 Å². The normalized spacial score (nSPS) is 15.9. The number of rotatable bonds is 5. The SMILES string of the molecule is COc1ccc([C@H]2CC(c3ccc(Cl)cc3)=NN2c2cccc(Cl)c2)cc1OC. The topological polar surface area (TPSA) is 34.1 Å². The number of hydrazone groups is 1. The molecule has 148 valence electrons. The van der Waals surface area contributed by atoms with Crippen molar-refractivity contribution < 1.29 is 9.47 Å². The minimum atomic E-state index is -0.000971. The van der Waals surface area contributed by atoms with Gasteiger partial charge >= 0.3 is 0 Å². The quantitative estimate of drug-likeness (QED) is 0.475. The highest BCUT2D eigenvalue weighted by molar-refractivity contribution is 6.31. The molecular weight excluding hydrogens is 407 g/mol. The maximum atomic E-state index is 6.25. The molecule has 0 spiro atoms. The first-order valence-corrected chi connectivity index (χ1v) is 9.95. The van der Waals surface area contributed by atoms with E-state index in [9.17, 15) is 0 Å². The van der Waals surface area contributed by atoms with Crippen molar-refractivity contribution in [1.82, 2.24) is 0 Å². The molecule has 1 aliphatic heterocycles. The van der Waals surface area contributed by atoms with Crippen LogP contribution in [0.15, 0.2) is 71.8 Å². The largest absolute Gasteiger partial charge is 0.493 e. The van der Waals surface area contributed by atoms with Crippen molar-refractivity contribution >= 4 is 34.6 Å². The lowest BCUT2D eigenvalue weighted by molar-refractivity contribution is 0.354. The minimum absolute atomic E-state index is 0.000971. The molecule has 3 aromatic carbocycles. The second-order valence-corrected chi connectivity index (χ2v) is 7.59. The highest BCUT2D eigenvalue weighted by Gasteiger charge is 2.30. The van der Waals surface area contributed by atoms with Gasteiger partial charge in [-0.3, -0.25) is 5.01 Å². The molecule has 0 N–H and O–H groups in total. The Bertz CT molecular complexity index is 1050. The second-order valence-electron chi connectivity index (χ2n) is 6.71. The van der Waals surface area contributed by atoms with Crippen LogP contribution in [0.2, 0.25) is 10.0 Å². The van der Waals surface area contributed by atoms with Crippen LogP contribution >= 0.6 is 23.2 Å². The Balaban J connectivity index is 1.76. The van der Waals surface area contributed by atoms with Gasteiger partial charge in [-0.05, 0) is 53.6 Å². The molecule has 0 saturated carbocycles. The van der Waals surface area contributed by atoms with Gasteiger partial charge in [0.15, 0.2) is 11.5 Å². The van der Waals surface area contributed by atoms with E-state index in [1.165, 1.54) is 0 Å². The lowest BCUT2D eigenvalue weighted by Gasteiger charge is -2.24. The Morgan fingerprint density at radius 1 is 0.862 bits per heavy atom. The van der Waals surface area contributed by atoms with Crippen LogP contribution in [0.3, 0.4) is 0 Å². The summed E-state index contributed by atoms with van der Waals surface area (Å²) < 4.78 is 10.9. The summed E-state index contributed by atoms with van der Waals surface area (Å²) >= 11 is 12.3. The fourth-order valence-corrected chi connectivity index (χ4v) is 3.81. The first-order chi connectivity index (χ1) is 14.1. The summed E-state index contributed by atoms with van der Waals surface area (Å²) in [5.41, 5.74) is 4.04. The van der Waals surface area contributed by atoms with Crippen LogP contribution in [-0.4, -0.2) is 19.9 Å². The average molecular weight is 427 g/mol. The van der Waals surface area contributed by atoms with Crippen molar-refractivity contribution in [2.45, 2.75) is 12.5 Å². The van der Waals surface area contributed by atoms with E-state index in [0.29, 0.717) is 21.5 Å². The van der Waals surface area contributed by atoms with Crippen LogP contribution in [0, 0.1) is 0 Å². The molecule has 1 aliphatic rings. The van der Waals surface area contributed by atoms with Crippen LogP contribution in [-0.2, 0) is 0 Å².